The first kappa shape index (κ1) is 26.1. The van der Waals surface area contributed by atoms with Crippen LogP contribution in [0.25, 0.3) is 0 Å². The topological polar surface area (TPSA) is 72.8 Å². The SMILES string of the molecule is COC(=O)CCC(O)[C@@H]1C(=O)CC[C@H]1/C=C/CCO[Si](C(C)C)(C(C)C)C(C)C. The zero-order valence-electron chi connectivity index (χ0n) is 19.4. The molecule has 0 aromatic heterocycles. The summed E-state index contributed by atoms with van der Waals surface area (Å²) in [6, 6.07) is 0. The largest absolute Gasteiger partial charge is 0.469 e. The Morgan fingerprint density at radius 3 is 2.28 bits per heavy atom. The van der Waals surface area contributed by atoms with Crippen molar-refractivity contribution in [3.05, 3.63) is 12.2 Å². The van der Waals surface area contributed by atoms with Gasteiger partial charge in [0.25, 0.3) is 0 Å². The Kier molecular flexibility index (Phi) is 10.8. The van der Waals surface area contributed by atoms with E-state index in [-0.39, 0.29) is 30.5 Å². The maximum atomic E-state index is 12.3. The molecule has 1 rings (SSSR count). The average Bonchev–Trinajstić information content (AvgIpc) is 3.01. The highest BCUT2D eigenvalue weighted by Gasteiger charge is 2.44. The van der Waals surface area contributed by atoms with Crippen molar-refractivity contribution >= 4 is 20.1 Å². The van der Waals surface area contributed by atoms with Crippen molar-refractivity contribution in [3.63, 3.8) is 0 Å². The van der Waals surface area contributed by atoms with E-state index in [2.05, 4.69) is 58.4 Å². The highest BCUT2D eigenvalue weighted by atomic mass is 28.4. The van der Waals surface area contributed by atoms with Gasteiger partial charge in [0.05, 0.1) is 13.2 Å². The molecule has 0 aromatic rings. The molecule has 1 N–H and O–H groups in total. The number of ether oxygens (including phenoxy) is 1. The third kappa shape index (κ3) is 6.76. The van der Waals surface area contributed by atoms with Crippen molar-refractivity contribution in [2.45, 2.75) is 96.4 Å². The smallest absolute Gasteiger partial charge is 0.305 e. The van der Waals surface area contributed by atoms with E-state index in [0.717, 1.165) is 12.8 Å². The lowest BCUT2D eigenvalue weighted by atomic mass is 9.87. The van der Waals surface area contributed by atoms with Gasteiger partial charge in [-0.3, -0.25) is 9.59 Å². The summed E-state index contributed by atoms with van der Waals surface area (Å²) in [6.45, 7) is 14.4. The minimum absolute atomic E-state index is 0.0393. The number of hydrogen-bond donors (Lipinski definition) is 1. The van der Waals surface area contributed by atoms with Gasteiger partial charge >= 0.3 is 5.97 Å². The van der Waals surface area contributed by atoms with Gasteiger partial charge in [0, 0.05) is 25.4 Å². The molecule has 0 heterocycles. The molecule has 168 valence electrons. The second kappa shape index (κ2) is 12.0. The number of rotatable bonds is 12. The van der Waals surface area contributed by atoms with Crippen molar-refractivity contribution in [2.75, 3.05) is 13.7 Å². The summed E-state index contributed by atoms with van der Waals surface area (Å²) in [6.07, 6.45) is 5.86. The number of methoxy groups -OCH3 is 1. The lowest BCUT2D eigenvalue weighted by Gasteiger charge is -2.42. The molecule has 0 spiro atoms. The van der Waals surface area contributed by atoms with Crippen LogP contribution < -0.4 is 0 Å². The Bertz CT molecular complexity index is 534. The molecule has 0 saturated heterocycles. The molecular formula is C23H42O5Si. The molecule has 5 nitrogen and oxygen atoms in total. The predicted octanol–water partition coefficient (Wildman–Crippen LogP) is 5.03. The molecule has 1 aliphatic rings. The van der Waals surface area contributed by atoms with Gasteiger partial charge in [0.15, 0.2) is 8.32 Å². The molecular weight excluding hydrogens is 384 g/mol. The second-order valence-corrected chi connectivity index (χ2v) is 14.7. The molecule has 1 saturated carbocycles. The molecule has 0 aliphatic heterocycles. The first-order chi connectivity index (χ1) is 13.6. The standard InChI is InChI=1S/C23H42O5Si/c1-16(2)29(17(3)4,18(5)6)28-15-9-8-10-19-11-12-20(24)23(19)21(25)13-14-22(26)27-7/h8,10,16-19,21,23,25H,9,11-15H2,1-7H3/b10-8+/t19-,21?,23+/m1/s1. The summed E-state index contributed by atoms with van der Waals surface area (Å²) in [5.41, 5.74) is 1.69. The normalized spacial score (nSPS) is 21.7. The molecule has 0 aromatic carbocycles. The van der Waals surface area contributed by atoms with Crippen LogP contribution in [-0.2, 0) is 18.8 Å². The summed E-state index contributed by atoms with van der Waals surface area (Å²) < 4.78 is 11.2. The molecule has 0 radical (unpaired) electrons. The maximum Gasteiger partial charge on any atom is 0.305 e. The molecule has 1 aliphatic carbocycles. The third-order valence-corrected chi connectivity index (χ3v) is 12.7. The van der Waals surface area contributed by atoms with E-state index >= 15 is 0 Å². The number of aliphatic hydroxyl groups excluding tert-OH is 1. The fraction of sp³-hybridized carbons (Fsp3) is 0.826. The van der Waals surface area contributed by atoms with Crippen LogP contribution in [-0.4, -0.2) is 45.0 Å². The molecule has 0 amide bonds. The van der Waals surface area contributed by atoms with E-state index in [1.807, 2.05) is 0 Å². The lowest BCUT2D eigenvalue weighted by molar-refractivity contribution is -0.142. The Labute approximate surface area is 178 Å². The quantitative estimate of drug-likeness (QED) is 0.205. The summed E-state index contributed by atoms with van der Waals surface area (Å²) in [5.74, 6) is -0.629. The van der Waals surface area contributed by atoms with Crippen LogP contribution in [0, 0.1) is 11.8 Å². The third-order valence-electron chi connectivity index (χ3n) is 6.57. The van der Waals surface area contributed by atoms with Crippen LogP contribution in [0.3, 0.4) is 0 Å². The van der Waals surface area contributed by atoms with E-state index in [9.17, 15) is 14.7 Å². The Balaban J connectivity index is 2.63. The van der Waals surface area contributed by atoms with Crippen molar-refractivity contribution in [2.24, 2.45) is 11.8 Å². The van der Waals surface area contributed by atoms with Crippen LogP contribution in [0.4, 0.5) is 0 Å². The molecule has 0 bridgehead atoms. The minimum Gasteiger partial charge on any atom is -0.469 e. The van der Waals surface area contributed by atoms with E-state index in [0.29, 0.717) is 29.7 Å². The average molecular weight is 427 g/mol. The monoisotopic (exact) mass is 426 g/mol. The van der Waals surface area contributed by atoms with Crippen molar-refractivity contribution in [1.29, 1.82) is 0 Å². The number of esters is 1. The number of aliphatic hydroxyl groups is 1. The van der Waals surface area contributed by atoms with Crippen LogP contribution in [0.2, 0.25) is 16.6 Å². The number of allylic oxidation sites excluding steroid dienone is 1. The fourth-order valence-corrected chi connectivity index (χ4v) is 10.7. The summed E-state index contributed by atoms with van der Waals surface area (Å²) in [7, 11) is -0.517. The van der Waals surface area contributed by atoms with Crippen LogP contribution in [0.5, 0.6) is 0 Å². The Hall–Kier alpha value is -0.983. The first-order valence-corrected chi connectivity index (χ1v) is 13.3. The Morgan fingerprint density at radius 1 is 1.17 bits per heavy atom. The van der Waals surface area contributed by atoms with Gasteiger partial charge in [-0.05, 0) is 41.8 Å². The van der Waals surface area contributed by atoms with Gasteiger partial charge in [-0.25, -0.2) is 0 Å². The second-order valence-electron chi connectivity index (χ2n) is 9.26. The molecule has 29 heavy (non-hydrogen) atoms. The van der Waals surface area contributed by atoms with Crippen molar-refractivity contribution < 1.29 is 23.9 Å². The van der Waals surface area contributed by atoms with Gasteiger partial charge in [0.2, 0.25) is 0 Å². The molecule has 1 fully saturated rings. The van der Waals surface area contributed by atoms with Gasteiger partial charge in [-0.15, -0.1) is 0 Å². The van der Waals surface area contributed by atoms with Crippen molar-refractivity contribution in [1.82, 2.24) is 0 Å². The summed E-state index contributed by atoms with van der Waals surface area (Å²) >= 11 is 0. The molecule has 1 unspecified atom stereocenters. The van der Waals surface area contributed by atoms with Crippen molar-refractivity contribution in [3.8, 4) is 0 Å². The summed E-state index contributed by atoms with van der Waals surface area (Å²) in [5, 5.41) is 10.4. The van der Waals surface area contributed by atoms with Crippen LogP contribution in [0.15, 0.2) is 12.2 Å². The van der Waals surface area contributed by atoms with E-state index in [1.54, 1.807) is 0 Å². The number of ketones is 1. The van der Waals surface area contributed by atoms with E-state index < -0.39 is 20.3 Å². The molecule has 3 atom stereocenters. The zero-order chi connectivity index (χ0) is 22.2. The van der Waals surface area contributed by atoms with Gasteiger partial charge in [0.1, 0.15) is 5.78 Å². The van der Waals surface area contributed by atoms with Gasteiger partial charge in [-0.2, -0.15) is 0 Å². The number of carbonyl (C=O) groups is 2. The zero-order valence-corrected chi connectivity index (χ0v) is 20.4. The summed E-state index contributed by atoms with van der Waals surface area (Å²) in [4.78, 5) is 23.6. The minimum atomic E-state index is -1.85. The Morgan fingerprint density at radius 2 is 1.76 bits per heavy atom. The lowest BCUT2D eigenvalue weighted by Crippen LogP contribution is -2.47. The highest BCUT2D eigenvalue weighted by Crippen LogP contribution is 2.42. The van der Waals surface area contributed by atoms with Gasteiger partial charge in [-0.1, -0.05) is 53.7 Å². The number of Topliss-reactive ketones (excluding diaryl/α,β-unsaturated/α-hetero) is 1. The number of carbonyl (C=O) groups excluding carboxylic acids is 2. The molecule has 6 heteroatoms. The maximum absolute atomic E-state index is 12.3. The van der Waals surface area contributed by atoms with Crippen LogP contribution in [0.1, 0.15) is 73.6 Å². The predicted molar refractivity (Wildman–Crippen MR) is 119 cm³/mol. The van der Waals surface area contributed by atoms with E-state index in [1.165, 1.54) is 7.11 Å². The first-order valence-electron chi connectivity index (χ1n) is 11.2. The number of hydrogen-bond acceptors (Lipinski definition) is 5. The van der Waals surface area contributed by atoms with E-state index in [4.69, 9.17) is 4.43 Å². The highest BCUT2D eigenvalue weighted by molar-refractivity contribution is 6.77. The van der Waals surface area contributed by atoms with Gasteiger partial charge < -0.3 is 14.3 Å². The van der Waals surface area contributed by atoms with Crippen LogP contribution >= 0.6 is 0 Å². The fourth-order valence-electron chi connectivity index (χ4n) is 5.23.